The first-order valence-electron chi connectivity index (χ1n) is 45.8. The van der Waals surface area contributed by atoms with Crippen molar-refractivity contribution in [2.24, 2.45) is 26.6 Å². The summed E-state index contributed by atoms with van der Waals surface area (Å²) in [6.45, 7) is -3.27. The van der Waals surface area contributed by atoms with E-state index < -0.39 is 58.8 Å². The van der Waals surface area contributed by atoms with Crippen molar-refractivity contribution >= 4 is 127 Å². The lowest BCUT2D eigenvalue weighted by Crippen LogP contribution is -2.31. The zero-order valence-corrected chi connectivity index (χ0v) is 60.8. The van der Waals surface area contributed by atoms with Gasteiger partial charge in [-0.2, -0.15) is 13.7 Å². The lowest BCUT2D eigenvalue weighted by atomic mass is 9.71. The van der Waals surface area contributed by atoms with E-state index in [1.807, 2.05) is 73.8 Å². The second kappa shape index (κ2) is 26.4. The van der Waals surface area contributed by atoms with Crippen molar-refractivity contribution in [3.63, 3.8) is 0 Å². The lowest BCUT2D eigenvalue weighted by molar-refractivity contribution is -0.659. The summed E-state index contributed by atoms with van der Waals surface area (Å²) in [5, 5.41) is 11.1. The van der Waals surface area contributed by atoms with Crippen LogP contribution < -0.4 is 13.7 Å². The van der Waals surface area contributed by atoms with E-state index in [1.54, 1.807) is 89.0 Å². The fourth-order valence-corrected chi connectivity index (χ4v) is 20.6. The SMILES string of the molecule is [2H]C([2H])([2H])c1ccc(-c2c3sc4cc5ccc(C6([2H])CCC(C)(C)CC6)cc5cc4c3c(C([2H])([2H])[2H])c[n+]2C)c(C)c1.[2H]C([2H])([2H])c1ccc(-c2c3sc4cc5ccc(C6([2H])CCCC6)cc5cc4c3c(C([2H])([2H])[2H])c[n+]2C)c(C)c1.[2H]C([2H])([2H])c1ccc(-c2c3sc4cc5ccc(C6([2H])CCCCC6)cc5cc4c3c(C([2H])([2H])[2H])c[n+]2C)c(C)c1. The standard InChI is InChI=1S/C33H36NS.C31H32NS.C30H30NS/c1-20-7-10-27(21(2)15-20)31-32-30(22(3)19-34(31)6)28-17-26-16-24(8-9-25(26)18-29(28)35-32)23-11-13-33(4,5)14-12-23;1-19-10-13-26(20(2)14-19)30-31-29(21(3)18-32(30)4)27-16-25-15-23(22-8-6-5-7-9-22)11-12-24(25)17-28(27)33-31;1-18-9-12-25(19(2)13-18)29-30-28(20(3)17-31(29)4)26-15-24-14-22(21-7-5-6-8-21)10-11-23(24)16-27(26)32-30/h7-10,15-19,23H,11-14H2,1-6H3;10-18,22H,5-9H2,1-4H3;9-17,21H,5-8H2,1-4H3/q3*+1/i1D3,3D3,23D;1D3,3D3,22D;1D3,3D3,21D. The molecule has 3 aliphatic carbocycles. The zero-order chi connectivity index (χ0) is 86.9. The summed E-state index contributed by atoms with van der Waals surface area (Å²) in [6.07, 6.45) is 17.8. The predicted octanol–water partition coefficient (Wildman–Crippen LogP) is 26.3. The second-order valence-electron chi connectivity index (χ2n) is 29.5. The van der Waals surface area contributed by atoms with Crippen LogP contribution in [0.2, 0.25) is 0 Å². The monoisotopic (exact) mass is 1390 g/mol. The number of aromatic nitrogens is 3. The summed E-state index contributed by atoms with van der Waals surface area (Å²) in [5.41, 5.74) is 12.8. The van der Waals surface area contributed by atoms with Crippen LogP contribution in [0.4, 0.5) is 0 Å². The Hall–Kier alpha value is -8.13. The van der Waals surface area contributed by atoms with Gasteiger partial charge in [0.05, 0.1) is 16.7 Å². The first-order chi connectivity index (χ1) is 56.5. The average Bonchev–Trinajstić information content (AvgIpc) is 1.62. The Morgan fingerprint density at radius 2 is 0.670 bits per heavy atom. The number of hydrogen-bond acceptors (Lipinski definition) is 3. The first kappa shape index (κ1) is 46.4. The van der Waals surface area contributed by atoms with Gasteiger partial charge in [-0.25, -0.2) is 0 Å². The Morgan fingerprint density at radius 1 is 0.350 bits per heavy atom. The Morgan fingerprint density at radius 3 is 0.980 bits per heavy atom. The van der Waals surface area contributed by atoms with Gasteiger partial charge in [0.25, 0.3) is 0 Å². The van der Waals surface area contributed by atoms with Crippen molar-refractivity contribution in [2.45, 2.75) is 177 Å². The summed E-state index contributed by atoms with van der Waals surface area (Å²) < 4.78 is 184. The highest BCUT2D eigenvalue weighted by Gasteiger charge is 2.30. The highest BCUT2D eigenvalue weighted by Crippen LogP contribution is 2.49. The lowest BCUT2D eigenvalue weighted by Gasteiger charge is -2.34. The number of nitrogens with zero attached hydrogens (tertiary/aromatic N) is 3. The normalized spacial score (nSPS) is 20.3. The van der Waals surface area contributed by atoms with E-state index in [9.17, 15) is 1.37 Å². The molecule has 9 aromatic carbocycles. The van der Waals surface area contributed by atoms with E-state index >= 15 is 0 Å². The molecule has 3 saturated carbocycles. The van der Waals surface area contributed by atoms with E-state index in [1.165, 1.54) is 6.42 Å². The Bertz CT molecular complexity index is 6700. The van der Waals surface area contributed by atoms with E-state index in [4.69, 9.17) is 27.4 Å². The number of fused-ring (bicyclic) bond motifs is 12. The number of hydrogen-bond donors (Lipinski definition) is 0. The molecule has 3 fully saturated rings. The first-order valence-corrected chi connectivity index (χ1v) is 37.8. The van der Waals surface area contributed by atoms with Gasteiger partial charge in [-0.1, -0.05) is 154 Å². The van der Waals surface area contributed by atoms with Crippen molar-refractivity contribution in [3.05, 3.63) is 231 Å². The van der Waals surface area contributed by atoms with Crippen LogP contribution in [0.15, 0.2) is 164 Å². The molecule has 0 aliphatic heterocycles. The summed E-state index contributed by atoms with van der Waals surface area (Å²) in [4.78, 5) is 0. The minimum Gasteiger partial charge on any atom is -0.200 e. The molecular formula is C94H98N3S3+3. The molecule has 0 saturated heterocycles. The maximum absolute atomic E-state index is 9.30. The minimum atomic E-state index is -2.32. The molecule has 0 radical (unpaired) electrons. The Kier molecular flexibility index (Phi) is 12.2. The van der Waals surface area contributed by atoms with Gasteiger partial charge in [0.1, 0.15) is 35.2 Å². The fraction of sp³-hybridized carbons (Fsp3) is 0.330. The van der Waals surface area contributed by atoms with Gasteiger partial charge in [0.15, 0.2) is 18.6 Å². The van der Waals surface area contributed by atoms with Crippen LogP contribution in [-0.2, 0) is 21.1 Å². The Balaban J connectivity index is 0.000000135. The molecule has 0 atom stereocenters. The van der Waals surface area contributed by atoms with Crippen LogP contribution in [0.5, 0.6) is 0 Å². The van der Waals surface area contributed by atoms with E-state index in [2.05, 4.69) is 105 Å². The maximum Gasteiger partial charge on any atom is 0.230 e. The van der Waals surface area contributed by atoms with Crippen molar-refractivity contribution in [1.29, 1.82) is 0 Å². The fourth-order valence-electron chi connectivity index (χ4n) is 16.5. The molecule has 0 bridgehead atoms. The highest BCUT2D eigenvalue weighted by molar-refractivity contribution is 7.27. The van der Waals surface area contributed by atoms with Crippen LogP contribution in [0.25, 0.3) is 127 Å². The van der Waals surface area contributed by atoms with Crippen molar-refractivity contribution in [3.8, 4) is 33.8 Å². The highest BCUT2D eigenvalue weighted by atomic mass is 32.1. The molecule has 18 rings (SSSR count). The molecule has 3 aliphatic rings. The molecular weight excluding hydrogens is 1270 g/mol. The molecule has 0 unspecified atom stereocenters. The predicted molar refractivity (Wildman–Crippen MR) is 435 cm³/mol. The number of pyridine rings is 3. The largest absolute Gasteiger partial charge is 0.230 e. The third kappa shape index (κ3) is 12.2. The molecule has 100 heavy (non-hydrogen) atoms. The number of thiophene rings is 3. The van der Waals surface area contributed by atoms with Crippen molar-refractivity contribution in [2.75, 3.05) is 0 Å². The minimum absolute atomic E-state index is 0.272. The van der Waals surface area contributed by atoms with Crippen LogP contribution >= 0.6 is 34.0 Å². The quantitative estimate of drug-likeness (QED) is 0.147. The topological polar surface area (TPSA) is 11.6 Å². The molecule has 0 spiro atoms. The molecule has 504 valence electrons. The third-order valence-corrected chi connectivity index (χ3v) is 25.4. The second-order valence-corrected chi connectivity index (χ2v) is 32.6. The van der Waals surface area contributed by atoms with Crippen LogP contribution in [0, 0.1) is 67.3 Å². The summed E-state index contributed by atoms with van der Waals surface area (Å²) in [6, 6.07) is 47.2. The van der Waals surface area contributed by atoms with Crippen LogP contribution in [0.3, 0.4) is 0 Å². The van der Waals surface area contributed by atoms with E-state index in [-0.39, 0.29) is 22.1 Å². The van der Waals surface area contributed by atoms with E-state index in [0.717, 1.165) is 237 Å². The molecule has 15 aromatic rings. The third-order valence-electron chi connectivity index (χ3n) is 22.0. The van der Waals surface area contributed by atoms with Crippen molar-refractivity contribution < 1.29 is 42.5 Å². The summed E-state index contributed by atoms with van der Waals surface area (Å²) >= 11 is 4.72. The maximum atomic E-state index is 9.30. The zero-order valence-electron chi connectivity index (χ0n) is 79.3. The van der Waals surface area contributed by atoms with Crippen molar-refractivity contribution in [1.82, 2.24) is 0 Å². The van der Waals surface area contributed by atoms with Gasteiger partial charge in [-0.05, 0) is 257 Å². The molecule has 6 aromatic heterocycles. The van der Waals surface area contributed by atoms with Crippen LogP contribution in [0.1, 0.15) is 211 Å². The molecule has 6 heteroatoms. The molecule has 0 amide bonds. The average molecular weight is 1390 g/mol. The number of aryl methyl sites for hydroxylation is 12. The number of rotatable bonds is 6. The van der Waals surface area contributed by atoms with E-state index in [0.29, 0.717) is 16.7 Å². The van der Waals surface area contributed by atoms with Crippen LogP contribution in [-0.4, -0.2) is 0 Å². The molecule has 0 N–H and O–H groups in total. The molecule has 3 nitrogen and oxygen atoms in total. The van der Waals surface area contributed by atoms with Gasteiger partial charge in [0, 0.05) is 91.9 Å². The van der Waals surface area contributed by atoms with Gasteiger partial charge < -0.3 is 0 Å². The summed E-state index contributed by atoms with van der Waals surface area (Å²) in [5.74, 6) is -1.73. The van der Waals surface area contributed by atoms with Gasteiger partial charge >= 0.3 is 0 Å². The Labute approximate surface area is 634 Å². The van der Waals surface area contributed by atoms with Gasteiger partial charge in [-0.3, -0.25) is 0 Å². The smallest absolute Gasteiger partial charge is 0.200 e. The van der Waals surface area contributed by atoms with Gasteiger partial charge in [0.2, 0.25) is 17.1 Å². The van der Waals surface area contributed by atoms with Gasteiger partial charge in [-0.15, -0.1) is 34.0 Å². The summed E-state index contributed by atoms with van der Waals surface area (Å²) in [7, 11) is 5.56. The molecule has 6 heterocycles. The number of benzene rings is 9.